The van der Waals surface area contributed by atoms with Crippen LogP contribution in [0.15, 0.2) is 22.8 Å². The van der Waals surface area contributed by atoms with Crippen LogP contribution in [-0.2, 0) is 4.79 Å². The largest absolute Gasteiger partial charge is 0.467 e. The van der Waals surface area contributed by atoms with Gasteiger partial charge < -0.3 is 15.1 Å². The Kier molecular flexibility index (Phi) is 2.54. The average Bonchev–Trinajstić information content (AvgIpc) is 2.87. The van der Waals surface area contributed by atoms with Crippen molar-refractivity contribution in [3.8, 4) is 0 Å². The van der Waals surface area contributed by atoms with Gasteiger partial charge in [0.05, 0.1) is 6.26 Å². The highest BCUT2D eigenvalue weighted by molar-refractivity contribution is 5.82. The SMILES string of the molecule is NC(C(=O)N1CCCC1)c1ccco1. The second-order valence-electron chi connectivity index (χ2n) is 3.53. The Morgan fingerprint density at radius 2 is 2.21 bits per heavy atom. The molecule has 0 radical (unpaired) electrons. The summed E-state index contributed by atoms with van der Waals surface area (Å²) >= 11 is 0. The first-order valence-corrected chi connectivity index (χ1v) is 4.87. The standard InChI is InChI=1S/C10H14N2O2/c11-9(8-4-3-7-14-8)10(13)12-5-1-2-6-12/h3-4,7,9H,1-2,5-6,11H2. The number of furan rings is 1. The molecule has 1 aliphatic rings. The Hall–Kier alpha value is -1.29. The van der Waals surface area contributed by atoms with Crippen molar-refractivity contribution in [1.82, 2.24) is 4.90 Å². The van der Waals surface area contributed by atoms with Gasteiger partial charge in [0.15, 0.2) is 0 Å². The lowest BCUT2D eigenvalue weighted by Gasteiger charge is -2.18. The fraction of sp³-hybridized carbons (Fsp3) is 0.500. The van der Waals surface area contributed by atoms with E-state index in [0.717, 1.165) is 25.9 Å². The van der Waals surface area contributed by atoms with Crippen molar-refractivity contribution in [1.29, 1.82) is 0 Å². The maximum absolute atomic E-state index is 11.8. The van der Waals surface area contributed by atoms with Crippen LogP contribution in [0.25, 0.3) is 0 Å². The van der Waals surface area contributed by atoms with E-state index in [2.05, 4.69) is 0 Å². The summed E-state index contributed by atoms with van der Waals surface area (Å²) < 4.78 is 5.10. The van der Waals surface area contributed by atoms with E-state index in [1.165, 1.54) is 6.26 Å². The molecule has 1 unspecified atom stereocenters. The van der Waals surface area contributed by atoms with Crippen LogP contribution in [-0.4, -0.2) is 23.9 Å². The van der Waals surface area contributed by atoms with Gasteiger partial charge in [-0.2, -0.15) is 0 Å². The van der Waals surface area contributed by atoms with Gasteiger partial charge in [-0.1, -0.05) is 0 Å². The van der Waals surface area contributed by atoms with Crippen molar-refractivity contribution in [3.05, 3.63) is 24.2 Å². The van der Waals surface area contributed by atoms with Crippen molar-refractivity contribution in [2.24, 2.45) is 5.73 Å². The lowest BCUT2D eigenvalue weighted by atomic mass is 10.2. The number of nitrogens with zero attached hydrogens (tertiary/aromatic N) is 1. The summed E-state index contributed by atoms with van der Waals surface area (Å²) in [6.07, 6.45) is 3.69. The molecule has 1 saturated heterocycles. The summed E-state index contributed by atoms with van der Waals surface area (Å²) in [5.74, 6) is 0.513. The Balaban J connectivity index is 2.04. The van der Waals surface area contributed by atoms with Crippen LogP contribution in [0, 0.1) is 0 Å². The zero-order valence-corrected chi connectivity index (χ0v) is 7.98. The maximum Gasteiger partial charge on any atom is 0.247 e. The van der Waals surface area contributed by atoms with Gasteiger partial charge in [-0.05, 0) is 25.0 Å². The lowest BCUT2D eigenvalue weighted by molar-refractivity contribution is -0.132. The molecule has 4 nitrogen and oxygen atoms in total. The molecule has 0 aromatic carbocycles. The van der Waals surface area contributed by atoms with E-state index in [0.29, 0.717) is 5.76 Å². The first-order chi connectivity index (χ1) is 6.79. The van der Waals surface area contributed by atoms with Crippen LogP contribution in [0.5, 0.6) is 0 Å². The highest BCUT2D eigenvalue weighted by atomic mass is 16.3. The van der Waals surface area contributed by atoms with E-state index in [1.807, 2.05) is 0 Å². The molecule has 2 heterocycles. The van der Waals surface area contributed by atoms with Gasteiger partial charge >= 0.3 is 0 Å². The van der Waals surface area contributed by atoms with E-state index >= 15 is 0 Å². The maximum atomic E-state index is 11.8. The second kappa shape index (κ2) is 3.84. The topological polar surface area (TPSA) is 59.5 Å². The van der Waals surface area contributed by atoms with Crippen LogP contribution < -0.4 is 5.73 Å². The van der Waals surface area contributed by atoms with Crippen LogP contribution in [0.1, 0.15) is 24.6 Å². The molecule has 2 N–H and O–H groups in total. The van der Waals surface area contributed by atoms with Gasteiger partial charge in [0.1, 0.15) is 11.8 Å². The van der Waals surface area contributed by atoms with E-state index in [1.54, 1.807) is 17.0 Å². The number of rotatable bonds is 2. The molecule has 76 valence electrons. The van der Waals surface area contributed by atoms with E-state index in [4.69, 9.17) is 10.2 Å². The Morgan fingerprint density at radius 3 is 2.79 bits per heavy atom. The summed E-state index contributed by atoms with van der Waals surface area (Å²) in [6.45, 7) is 1.65. The van der Waals surface area contributed by atoms with Crippen LogP contribution in [0.3, 0.4) is 0 Å². The zero-order valence-electron chi connectivity index (χ0n) is 7.98. The lowest BCUT2D eigenvalue weighted by Crippen LogP contribution is -2.36. The van der Waals surface area contributed by atoms with Crippen molar-refractivity contribution >= 4 is 5.91 Å². The average molecular weight is 194 g/mol. The molecule has 1 fully saturated rings. The molecule has 1 amide bonds. The summed E-state index contributed by atoms with van der Waals surface area (Å²) in [4.78, 5) is 13.6. The van der Waals surface area contributed by atoms with Crippen molar-refractivity contribution < 1.29 is 9.21 Å². The summed E-state index contributed by atoms with van der Waals surface area (Å²) in [6, 6.07) is 2.84. The third-order valence-corrected chi connectivity index (χ3v) is 2.53. The number of carbonyl (C=O) groups excluding carboxylic acids is 1. The second-order valence-corrected chi connectivity index (χ2v) is 3.53. The fourth-order valence-corrected chi connectivity index (χ4v) is 1.72. The predicted molar refractivity (Wildman–Crippen MR) is 51.5 cm³/mol. The minimum absolute atomic E-state index is 0.0301. The normalized spacial score (nSPS) is 18.5. The summed E-state index contributed by atoms with van der Waals surface area (Å²) in [5.41, 5.74) is 5.78. The molecule has 0 bridgehead atoms. The van der Waals surface area contributed by atoms with Gasteiger partial charge in [-0.25, -0.2) is 0 Å². The zero-order chi connectivity index (χ0) is 9.97. The Bertz CT molecular complexity index is 302. The molecule has 0 saturated carbocycles. The predicted octanol–water partition coefficient (Wildman–Crippen LogP) is 0.902. The molecular weight excluding hydrogens is 180 g/mol. The van der Waals surface area contributed by atoms with Gasteiger partial charge in [-0.3, -0.25) is 4.79 Å². The van der Waals surface area contributed by atoms with Crippen LogP contribution >= 0.6 is 0 Å². The monoisotopic (exact) mass is 194 g/mol. The van der Waals surface area contributed by atoms with Crippen molar-refractivity contribution in [2.75, 3.05) is 13.1 Å². The number of carbonyl (C=O) groups is 1. The fourth-order valence-electron chi connectivity index (χ4n) is 1.72. The van der Waals surface area contributed by atoms with Crippen LogP contribution in [0.2, 0.25) is 0 Å². The Labute approximate surface area is 82.7 Å². The molecule has 0 spiro atoms. The molecule has 2 rings (SSSR count). The third-order valence-electron chi connectivity index (χ3n) is 2.53. The minimum Gasteiger partial charge on any atom is -0.467 e. The Morgan fingerprint density at radius 1 is 1.50 bits per heavy atom. The molecule has 14 heavy (non-hydrogen) atoms. The first kappa shape index (κ1) is 9.27. The summed E-state index contributed by atoms with van der Waals surface area (Å²) in [5, 5.41) is 0. The highest BCUT2D eigenvalue weighted by Gasteiger charge is 2.26. The molecular formula is C10H14N2O2. The molecule has 1 aromatic heterocycles. The first-order valence-electron chi connectivity index (χ1n) is 4.87. The van der Waals surface area contributed by atoms with E-state index in [9.17, 15) is 4.79 Å². The quantitative estimate of drug-likeness (QED) is 0.761. The minimum atomic E-state index is -0.636. The molecule has 1 aromatic rings. The summed E-state index contributed by atoms with van der Waals surface area (Å²) in [7, 11) is 0. The van der Waals surface area contributed by atoms with Crippen molar-refractivity contribution in [2.45, 2.75) is 18.9 Å². The molecule has 4 heteroatoms. The molecule has 1 atom stereocenters. The van der Waals surface area contributed by atoms with E-state index in [-0.39, 0.29) is 5.91 Å². The van der Waals surface area contributed by atoms with Gasteiger partial charge in [0.25, 0.3) is 0 Å². The molecule has 1 aliphatic heterocycles. The van der Waals surface area contributed by atoms with E-state index < -0.39 is 6.04 Å². The number of amides is 1. The van der Waals surface area contributed by atoms with Gasteiger partial charge in [0, 0.05) is 13.1 Å². The van der Waals surface area contributed by atoms with Crippen LogP contribution in [0.4, 0.5) is 0 Å². The number of hydrogen-bond acceptors (Lipinski definition) is 3. The number of likely N-dealkylation sites (tertiary alicyclic amines) is 1. The van der Waals surface area contributed by atoms with Crippen molar-refractivity contribution in [3.63, 3.8) is 0 Å². The van der Waals surface area contributed by atoms with Gasteiger partial charge in [0.2, 0.25) is 5.91 Å². The highest BCUT2D eigenvalue weighted by Crippen LogP contribution is 2.17. The molecule has 0 aliphatic carbocycles. The smallest absolute Gasteiger partial charge is 0.247 e. The third kappa shape index (κ3) is 1.65. The van der Waals surface area contributed by atoms with Gasteiger partial charge in [-0.15, -0.1) is 0 Å². The number of hydrogen-bond donors (Lipinski definition) is 1. The number of nitrogens with two attached hydrogens (primary N) is 1.